The van der Waals surface area contributed by atoms with Crippen LogP contribution in [0.3, 0.4) is 0 Å². The molecule has 106 valence electrons. The van der Waals surface area contributed by atoms with Crippen molar-refractivity contribution in [1.29, 1.82) is 0 Å². The van der Waals surface area contributed by atoms with Gasteiger partial charge in [0.05, 0.1) is 0 Å². The number of aryl methyl sites for hydroxylation is 1. The van der Waals surface area contributed by atoms with E-state index < -0.39 is 0 Å². The molecule has 0 atom stereocenters. The molecule has 0 bridgehead atoms. The highest BCUT2D eigenvalue weighted by atomic mass is 32.1. The van der Waals surface area contributed by atoms with E-state index in [2.05, 4.69) is 10.3 Å². The maximum atomic E-state index is 11.9. The van der Waals surface area contributed by atoms with Crippen LogP contribution in [0.25, 0.3) is 0 Å². The molecular weight excluding hydrogens is 264 g/mol. The summed E-state index contributed by atoms with van der Waals surface area (Å²) in [5, 5.41) is 3.27. The fourth-order valence-electron chi connectivity index (χ4n) is 1.54. The molecule has 0 aromatic carbocycles. The number of nitrogens with zero attached hydrogens (tertiary/aromatic N) is 3. The normalized spacial score (nSPS) is 10.1. The molecule has 19 heavy (non-hydrogen) atoms. The zero-order chi connectivity index (χ0) is 14.4. The maximum absolute atomic E-state index is 11.9. The molecule has 0 fully saturated rings. The number of thiazole rings is 1. The van der Waals surface area contributed by atoms with Gasteiger partial charge in [-0.1, -0.05) is 6.92 Å². The van der Waals surface area contributed by atoms with Crippen LogP contribution < -0.4 is 5.32 Å². The van der Waals surface area contributed by atoms with Gasteiger partial charge in [0.2, 0.25) is 5.91 Å². The Morgan fingerprint density at radius 3 is 2.58 bits per heavy atom. The molecule has 1 N–H and O–H groups in total. The third kappa shape index (κ3) is 4.86. The molecule has 0 saturated carbocycles. The first-order valence-corrected chi connectivity index (χ1v) is 6.94. The second-order valence-electron chi connectivity index (χ2n) is 4.42. The summed E-state index contributed by atoms with van der Waals surface area (Å²) < 4.78 is 0. The monoisotopic (exact) mass is 284 g/mol. The molecule has 1 aromatic rings. The number of carbonyl (C=O) groups excluding carboxylic acids is 2. The van der Waals surface area contributed by atoms with Crippen LogP contribution >= 0.6 is 11.3 Å². The lowest BCUT2D eigenvalue weighted by molar-refractivity contribution is -0.116. The molecule has 1 aromatic heterocycles. The Bertz CT molecular complexity index is 445. The zero-order valence-corrected chi connectivity index (χ0v) is 12.6. The van der Waals surface area contributed by atoms with Crippen LogP contribution in [0.4, 0.5) is 9.93 Å². The van der Waals surface area contributed by atoms with Crippen molar-refractivity contribution in [2.24, 2.45) is 0 Å². The average molecular weight is 284 g/mol. The molecule has 0 spiro atoms. The molecule has 6 nitrogen and oxygen atoms in total. The number of rotatable bonds is 5. The SMILES string of the molecule is CCCN(CC(=O)Nc1ncc(C)s1)C(=O)N(C)C. The van der Waals surface area contributed by atoms with Crippen LogP contribution in [0, 0.1) is 6.92 Å². The second-order valence-corrected chi connectivity index (χ2v) is 5.66. The Balaban J connectivity index is 2.58. The summed E-state index contributed by atoms with van der Waals surface area (Å²) in [6.07, 6.45) is 2.51. The quantitative estimate of drug-likeness (QED) is 0.896. The molecule has 7 heteroatoms. The molecule has 1 rings (SSSR count). The highest BCUT2D eigenvalue weighted by Gasteiger charge is 2.18. The minimum absolute atomic E-state index is 0.0451. The third-order valence-electron chi connectivity index (χ3n) is 2.35. The average Bonchev–Trinajstić information content (AvgIpc) is 2.73. The summed E-state index contributed by atoms with van der Waals surface area (Å²) in [7, 11) is 3.35. The van der Waals surface area contributed by atoms with Crippen molar-refractivity contribution in [2.45, 2.75) is 20.3 Å². The number of urea groups is 1. The maximum Gasteiger partial charge on any atom is 0.319 e. The Kier molecular flexibility index (Phi) is 5.75. The zero-order valence-electron chi connectivity index (χ0n) is 11.8. The van der Waals surface area contributed by atoms with Crippen molar-refractivity contribution in [2.75, 3.05) is 32.5 Å². The first-order chi connectivity index (χ1) is 8.93. The van der Waals surface area contributed by atoms with E-state index in [0.29, 0.717) is 11.7 Å². The first-order valence-electron chi connectivity index (χ1n) is 6.12. The van der Waals surface area contributed by atoms with Crippen LogP contribution in [0.2, 0.25) is 0 Å². The van der Waals surface area contributed by atoms with Crippen molar-refractivity contribution in [3.8, 4) is 0 Å². The van der Waals surface area contributed by atoms with E-state index in [0.717, 1.165) is 11.3 Å². The summed E-state index contributed by atoms with van der Waals surface area (Å²) in [6, 6.07) is -0.160. The smallest absolute Gasteiger partial charge is 0.319 e. The van der Waals surface area contributed by atoms with E-state index in [4.69, 9.17) is 0 Å². The van der Waals surface area contributed by atoms with Gasteiger partial charge in [-0.05, 0) is 13.3 Å². The Hall–Kier alpha value is -1.63. The first kappa shape index (κ1) is 15.4. The Morgan fingerprint density at radius 2 is 2.11 bits per heavy atom. The molecule has 0 saturated heterocycles. The van der Waals surface area contributed by atoms with Gasteiger partial charge in [-0.15, -0.1) is 11.3 Å². The summed E-state index contributed by atoms with van der Waals surface area (Å²) in [5.74, 6) is -0.224. The minimum Gasteiger partial charge on any atom is -0.331 e. The van der Waals surface area contributed by atoms with Gasteiger partial charge >= 0.3 is 6.03 Å². The van der Waals surface area contributed by atoms with Gasteiger partial charge in [0, 0.05) is 31.7 Å². The Morgan fingerprint density at radius 1 is 1.42 bits per heavy atom. The lowest BCUT2D eigenvalue weighted by Crippen LogP contribution is -2.43. The van der Waals surface area contributed by atoms with Gasteiger partial charge in [-0.3, -0.25) is 4.79 Å². The van der Waals surface area contributed by atoms with E-state index in [-0.39, 0.29) is 18.5 Å². The van der Waals surface area contributed by atoms with Crippen LogP contribution in [-0.4, -0.2) is 53.9 Å². The van der Waals surface area contributed by atoms with Gasteiger partial charge < -0.3 is 15.1 Å². The summed E-state index contributed by atoms with van der Waals surface area (Å²) in [4.78, 5) is 31.8. The molecule has 1 heterocycles. The fraction of sp³-hybridized carbons (Fsp3) is 0.583. The van der Waals surface area contributed by atoms with Gasteiger partial charge in [-0.2, -0.15) is 0 Å². The second kappa shape index (κ2) is 7.08. The largest absolute Gasteiger partial charge is 0.331 e. The van der Waals surface area contributed by atoms with Crippen LogP contribution in [0.5, 0.6) is 0 Å². The minimum atomic E-state index is -0.224. The van der Waals surface area contributed by atoms with Crippen LogP contribution in [0.15, 0.2) is 6.20 Å². The molecular formula is C12H20N4O2S. The summed E-state index contributed by atoms with van der Waals surface area (Å²) >= 11 is 1.41. The molecule has 0 unspecified atom stereocenters. The molecule has 0 aliphatic carbocycles. The van der Waals surface area contributed by atoms with Crippen molar-refractivity contribution in [1.82, 2.24) is 14.8 Å². The number of amides is 3. The predicted octanol–water partition coefficient (Wildman–Crippen LogP) is 1.78. The Labute approximate surface area is 117 Å². The highest BCUT2D eigenvalue weighted by Crippen LogP contribution is 2.16. The summed E-state index contributed by atoms with van der Waals surface area (Å²) in [6.45, 7) is 4.50. The van der Waals surface area contributed by atoms with Crippen molar-refractivity contribution < 1.29 is 9.59 Å². The van der Waals surface area contributed by atoms with Crippen LogP contribution in [-0.2, 0) is 4.79 Å². The number of hydrogen-bond donors (Lipinski definition) is 1. The highest BCUT2D eigenvalue weighted by molar-refractivity contribution is 7.15. The van der Waals surface area contributed by atoms with Gasteiger partial charge in [-0.25, -0.2) is 9.78 Å². The number of hydrogen-bond acceptors (Lipinski definition) is 4. The number of anilines is 1. The number of carbonyl (C=O) groups is 2. The van der Waals surface area contributed by atoms with E-state index >= 15 is 0 Å². The third-order valence-corrected chi connectivity index (χ3v) is 3.18. The molecule has 3 amide bonds. The predicted molar refractivity (Wildman–Crippen MR) is 76.4 cm³/mol. The van der Waals surface area contributed by atoms with E-state index in [1.807, 2.05) is 13.8 Å². The number of nitrogens with one attached hydrogen (secondary N) is 1. The molecule has 0 radical (unpaired) electrons. The topological polar surface area (TPSA) is 65.5 Å². The van der Waals surface area contributed by atoms with Gasteiger partial charge in [0.1, 0.15) is 6.54 Å². The lowest BCUT2D eigenvalue weighted by atomic mass is 10.4. The van der Waals surface area contributed by atoms with Crippen molar-refractivity contribution in [3.05, 3.63) is 11.1 Å². The molecule has 0 aliphatic heterocycles. The van der Waals surface area contributed by atoms with E-state index in [1.54, 1.807) is 20.3 Å². The van der Waals surface area contributed by atoms with Crippen molar-refractivity contribution in [3.63, 3.8) is 0 Å². The fourth-order valence-corrected chi connectivity index (χ4v) is 2.22. The van der Waals surface area contributed by atoms with Crippen LogP contribution in [0.1, 0.15) is 18.2 Å². The van der Waals surface area contributed by atoms with E-state index in [9.17, 15) is 9.59 Å². The number of aromatic nitrogens is 1. The lowest BCUT2D eigenvalue weighted by Gasteiger charge is -2.24. The summed E-state index contributed by atoms with van der Waals surface area (Å²) in [5.41, 5.74) is 0. The molecule has 0 aliphatic rings. The van der Waals surface area contributed by atoms with Crippen molar-refractivity contribution >= 4 is 28.4 Å². The standard InChI is InChI=1S/C12H20N4O2S/c1-5-6-16(12(18)15(3)4)8-10(17)14-11-13-7-9(2)19-11/h7H,5-6,8H2,1-4H3,(H,13,14,17). The van der Waals surface area contributed by atoms with E-state index in [1.165, 1.54) is 21.1 Å². The van der Waals surface area contributed by atoms with Gasteiger partial charge in [0.15, 0.2) is 5.13 Å². The van der Waals surface area contributed by atoms with Gasteiger partial charge in [0.25, 0.3) is 0 Å².